The largest absolute Gasteiger partial charge is 0.377 e. The molecule has 2 rings (SSSR count). The predicted octanol–water partition coefficient (Wildman–Crippen LogP) is 2.66. The minimum atomic E-state index is -0.154. The molecule has 1 heterocycles. The van der Waals surface area contributed by atoms with Crippen LogP contribution in [-0.2, 0) is 4.74 Å². The van der Waals surface area contributed by atoms with Crippen molar-refractivity contribution in [2.24, 2.45) is 10.9 Å². The van der Waals surface area contributed by atoms with E-state index in [1.54, 1.807) is 7.11 Å². The summed E-state index contributed by atoms with van der Waals surface area (Å²) >= 11 is 1.88. The molecule has 0 amide bonds. The second-order valence-electron chi connectivity index (χ2n) is 5.69. The first-order valence-electron chi connectivity index (χ1n) is 6.60. The molecule has 3 nitrogen and oxygen atoms in total. The van der Waals surface area contributed by atoms with E-state index < -0.39 is 0 Å². The average Bonchev–Trinajstić information content (AvgIpc) is 2.36. The van der Waals surface area contributed by atoms with Crippen LogP contribution in [0.2, 0.25) is 0 Å². The summed E-state index contributed by atoms with van der Waals surface area (Å²) in [5, 5.41) is 4.73. The predicted molar refractivity (Wildman–Crippen MR) is 74.7 cm³/mol. The molecule has 0 aromatic rings. The molecule has 1 aliphatic heterocycles. The zero-order valence-corrected chi connectivity index (χ0v) is 12.0. The summed E-state index contributed by atoms with van der Waals surface area (Å²) in [4.78, 5) is 4.66. The van der Waals surface area contributed by atoms with Gasteiger partial charge < -0.3 is 10.1 Å². The zero-order chi connectivity index (χ0) is 12.3. The Morgan fingerprint density at radius 2 is 2.18 bits per heavy atom. The van der Waals surface area contributed by atoms with Crippen LogP contribution in [0.5, 0.6) is 0 Å². The van der Waals surface area contributed by atoms with Gasteiger partial charge in [0.25, 0.3) is 0 Å². The number of aliphatic imine (C=N–C) groups is 1. The minimum absolute atomic E-state index is 0.154. The van der Waals surface area contributed by atoms with Gasteiger partial charge in [-0.25, -0.2) is 0 Å². The third-order valence-electron chi connectivity index (χ3n) is 3.81. The maximum Gasteiger partial charge on any atom is 0.156 e. The maximum atomic E-state index is 5.39. The quantitative estimate of drug-likeness (QED) is 0.843. The van der Waals surface area contributed by atoms with Crippen LogP contribution in [0.4, 0.5) is 0 Å². The van der Waals surface area contributed by atoms with Crippen molar-refractivity contribution in [3.05, 3.63) is 0 Å². The van der Waals surface area contributed by atoms with Crippen molar-refractivity contribution in [3.63, 3.8) is 0 Å². The first-order chi connectivity index (χ1) is 8.11. The summed E-state index contributed by atoms with van der Waals surface area (Å²) in [6, 6.07) is 0.675. The average molecular weight is 256 g/mol. The van der Waals surface area contributed by atoms with Gasteiger partial charge in [0.1, 0.15) is 0 Å². The number of rotatable bonds is 3. The van der Waals surface area contributed by atoms with Crippen molar-refractivity contribution < 1.29 is 4.74 Å². The molecule has 1 saturated heterocycles. The summed E-state index contributed by atoms with van der Waals surface area (Å²) in [5.74, 6) is 2.10. The zero-order valence-electron chi connectivity index (χ0n) is 11.2. The fourth-order valence-electron chi connectivity index (χ4n) is 2.40. The Morgan fingerprint density at radius 3 is 2.94 bits per heavy atom. The van der Waals surface area contributed by atoms with Gasteiger partial charge in [0.05, 0.1) is 12.1 Å². The lowest BCUT2D eigenvalue weighted by Crippen LogP contribution is -2.46. The normalized spacial score (nSPS) is 32.1. The highest BCUT2D eigenvalue weighted by molar-refractivity contribution is 8.13. The Balaban J connectivity index is 1.89. The van der Waals surface area contributed by atoms with E-state index in [2.05, 4.69) is 24.2 Å². The summed E-state index contributed by atoms with van der Waals surface area (Å²) in [7, 11) is 1.75. The number of ether oxygens (including phenoxy) is 1. The smallest absolute Gasteiger partial charge is 0.156 e. The summed E-state index contributed by atoms with van der Waals surface area (Å²) in [6.45, 7) is 4.89. The van der Waals surface area contributed by atoms with Crippen LogP contribution in [-0.4, -0.2) is 36.2 Å². The second-order valence-corrected chi connectivity index (χ2v) is 6.70. The monoisotopic (exact) mass is 256 g/mol. The van der Waals surface area contributed by atoms with Gasteiger partial charge in [0.2, 0.25) is 0 Å². The van der Waals surface area contributed by atoms with Gasteiger partial charge in [-0.05, 0) is 32.6 Å². The van der Waals surface area contributed by atoms with Crippen LogP contribution in [0.25, 0.3) is 0 Å². The lowest BCUT2D eigenvalue weighted by Gasteiger charge is -2.37. The van der Waals surface area contributed by atoms with Gasteiger partial charge in [-0.1, -0.05) is 24.6 Å². The molecular weight excluding hydrogens is 232 g/mol. The van der Waals surface area contributed by atoms with E-state index in [0.717, 1.165) is 17.6 Å². The van der Waals surface area contributed by atoms with E-state index in [0.29, 0.717) is 6.04 Å². The summed E-state index contributed by atoms with van der Waals surface area (Å²) in [5.41, 5.74) is -0.154. The van der Waals surface area contributed by atoms with Crippen LogP contribution < -0.4 is 5.32 Å². The van der Waals surface area contributed by atoms with Crippen molar-refractivity contribution in [3.8, 4) is 0 Å². The van der Waals surface area contributed by atoms with E-state index in [1.165, 1.54) is 31.4 Å². The molecule has 4 heteroatoms. The summed E-state index contributed by atoms with van der Waals surface area (Å²) < 4.78 is 5.39. The first kappa shape index (κ1) is 13.2. The van der Waals surface area contributed by atoms with Crippen molar-refractivity contribution in [1.29, 1.82) is 0 Å². The standard InChI is InChI=1S/C13H24N2OS/c1-13(2,16-3)9-14-12-15-11-7-5-4-6-10(11)8-17-12/h10-11H,4-9H2,1-3H3,(H,14,15). The van der Waals surface area contributed by atoms with Gasteiger partial charge >= 0.3 is 0 Å². The van der Waals surface area contributed by atoms with Gasteiger partial charge in [0, 0.05) is 18.9 Å². The van der Waals surface area contributed by atoms with Crippen molar-refractivity contribution in [1.82, 2.24) is 5.32 Å². The first-order valence-corrected chi connectivity index (χ1v) is 7.58. The van der Waals surface area contributed by atoms with E-state index in [9.17, 15) is 0 Å². The highest BCUT2D eigenvalue weighted by atomic mass is 32.2. The molecule has 0 aromatic carbocycles. The molecular formula is C13H24N2OS. The van der Waals surface area contributed by atoms with Crippen LogP contribution in [0, 0.1) is 5.92 Å². The maximum absolute atomic E-state index is 5.39. The second kappa shape index (κ2) is 5.61. The molecule has 2 aliphatic rings. The Hall–Kier alpha value is -0.220. The van der Waals surface area contributed by atoms with Gasteiger partial charge in [-0.15, -0.1) is 0 Å². The van der Waals surface area contributed by atoms with E-state index >= 15 is 0 Å². The Kier molecular flexibility index (Phi) is 4.36. The molecule has 0 spiro atoms. The SMILES string of the molecule is COC(C)(C)CN=C1NC2CCCCC2CS1. The number of nitrogens with one attached hydrogen (secondary N) is 1. The van der Waals surface area contributed by atoms with Crippen LogP contribution in [0.15, 0.2) is 4.99 Å². The van der Waals surface area contributed by atoms with Gasteiger partial charge in [-0.3, -0.25) is 4.99 Å². The van der Waals surface area contributed by atoms with E-state index in [1.807, 2.05) is 11.8 Å². The lowest BCUT2D eigenvalue weighted by atomic mass is 9.86. The third-order valence-corrected chi connectivity index (χ3v) is 4.92. The Bertz CT molecular complexity index is 291. The number of amidine groups is 1. The molecule has 2 atom stereocenters. The van der Waals surface area contributed by atoms with Crippen molar-refractivity contribution in [2.45, 2.75) is 51.2 Å². The molecule has 0 aromatic heterocycles. The molecule has 0 radical (unpaired) electrons. The lowest BCUT2D eigenvalue weighted by molar-refractivity contribution is 0.0311. The number of thioether (sulfide) groups is 1. The molecule has 98 valence electrons. The highest BCUT2D eigenvalue weighted by Gasteiger charge is 2.30. The molecule has 1 saturated carbocycles. The van der Waals surface area contributed by atoms with Crippen LogP contribution >= 0.6 is 11.8 Å². The topological polar surface area (TPSA) is 33.6 Å². The van der Waals surface area contributed by atoms with Gasteiger partial charge in [-0.2, -0.15) is 0 Å². The molecule has 1 N–H and O–H groups in total. The van der Waals surface area contributed by atoms with Crippen LogP contribution in [0.3, 0.4) is 0 Å². The van der Waals surface area contributed by atoms with Gasteiger partial charge in [0.15, 0.2) is 5.17 Å². The molecule has 0 bridgehead atoms. The van der Waals surface area contributed by atoms with E-state index in [-0.39, 0.29) is 5.60 Å². The Labute approximate surface area is 109 Å². The number of hydrogen-bond acceptors (Lipinski definition) is 3. The Morgan fingerprint density at radius 1 is 1.41 bits per heavy atom. The summed E-state index contributed by atoms with van der Waals surface area (Å²) in [6.07, 6.45) is 5.49. The minimum Gasteiger partial charge on any atom is -0.377 e. The molecule has 2 fully saturated rings. The fourth-order valence-corrected chi connectivity index (χ4v) is 3.56. The third kappa shape index (κ3) is 3.62. The molecule has 1 aliphatic carbocycles. The molecule has 17 heavy (non-hydrogen) atoms. The van der Waals surface area contributed by atoms with E-state index in [4.69, 9.17) is 4.74 Å². The van der Waals surface area contributed by atoms with Crippen molar-refractivity contribution >= 4 is 16.9 Å². The fraction of sp³-hybridized carbons (Fsp3) is 0.923. The number of fused-ring (bicyclic) bond motifs is 1. The number of hydrogen-bond donors (Lipinski definition) is 1. The van der Waals surface area contributed by atoms with Crippen LogP contribution in [0.1, 0.15) is 39.5 Å². The van der Waals surface area contributed by atoms with Crippen molar-refractivity contribution in [2.75, 3.05) is 19.4 Å². The number of nitrogens with zero attached hydrogens (tertiary/aromatic N) is 1. The number of methoxy groups -OCH3 is 1. The highest BCUT2D eigenvalue weighted by Crippen LogP contribution is 2.31. The molecule has 2 unspecified atom stereocenters.